The molecule has 3 rings (SSSR count). The minimum absolute atomic E-state index is 0.822. The van der Waals surface area contributed by atoms with E-state index in [4.69, 9.17) is 4.98 Å². The lowest BCUT2D eigenvalue weighted by Crippen LogP contribution is -2.04. The standard InChI is InChI=1S/C19H20N2S2/c1-14-8-9-18(22-12-15-6-4-3-5-7-15)16(10-14)17-13-23-19(21-17)11-20-2/h3-10,13,20H,11-12H2,1-2H3. The van der Waals surface area contributed by atoms with Crippen LogP contribution in [-0.2, 0) is 12.3 Å². The number of hydrogen-bond acceptors (Lipinski definition) is 4. The SMILES string of the molecule is CNCc1nc(-c2cc(C)ccc2SCc2ccccc2)cs1. The molecule has 118 valence electrons. The van der Waals surface area contributed by atoms with E-state index >= 15 is 0 Å². The molecule has 0 aliphatic heterocycles. The van der Waals surface area contributed by atoms with E-state index in [1.165, 1.54) is 21.6 Å². The molecule has 0 radical (unpaired) electrons. The second-order valence-electron chi connectivity index (χ2n) is 5.43. The van der Waals surface area contributed by atoms with E-state index < -0.39 is 0 Å². The molecule has 3 aromatic rings. The summed E-state index contributed by atoms with van der Waals surface area (Å²) in [7, 11) is 1.95. The van der Waals surface area contributed by atoms with Crippen LogP contribution in [0.3, 0.4) is 0 Å². The zero-order valence-corrected chi connectivity index (χ0v) is 15.0. The fraction of sp³-hybridized carbons (Fsp3) is 0.211. The Labute approximate surface area is 146 Å². The van der Waals surface area contributed by atoms with Crippen LogP contribution in [0.5, 0.6) is 0 Å². The first kappa shape index (κ1) is 16.2. The zero-order valence-electron chi connectivity index (χ0n) is 13.4. The average Bonchev–Trinajstić information content (AvgIpc) is 3.03. The Kier molecular flexibility index (Phi) is 5.49. The van der Waals surface area contributed by atoms with Gasteiger partial charge in [0.05, 0.1) is 5.69 Å². The van der Waals surface area contributed by atoms with Gasteiger partial charge in [-0.2, -0.15) is 0 Å². The minimum atomic E-state index is 0.822. The number of rotatable bonds is 6. The molecule has 0 bridgehead atoms. The minimum Gasteiger partial charge on any atom is -0.314 e. The van der Waals surface area contributed by atoms with Gasteiger partial charge in [-0.05, 0) is 31.7 Å². The van der Waals surface area contributed by atoms with Gasteiger partial charge in [-0.15, -0.1) is 23.1 Å². The Morgan fingerprint density at radius 1 is 1.13 bits per heavy atom. The Hall–Kier alpha value is -1.62. The highest BCUT2D eigenvalue weighted by atomic mass is 32.2. The normalized spacial score (nSPS) is 10.9. The third kappa shape index (κ3) is 4.22. The molecule has 2 aromatic carbocycles. The molecule has 1 heterocycles. The van der Waals surface area contributed by atoms with Gasteiger partial charge in [-0.25, -0.2) is 4.98 Å². The van der Waals surface area contributed by atoms with Crippen molar-refractivity contribution in [3.05, 3.63) is 70.0 Å². The maximum absolute atomic E-state index is 4.77. The fourth-order valence-corrected chi connectivity index (χ4v) is 4.18. The van der Waals surface area contributed by atoms with E-state index in [0.717, 1.165) is 23.0 Å². The highest BCUT2D eigenvalue weighted by molar-refractivity contribution is 7.98. The van der Waals surface area contributed by atoms with Crippen LogP contribution in [0.25, 0.3) is 11.3 Å². The number of nitrogens with zero attached hydrogens (tertiary/aromatic N) is 1. The van der Waals surface area contributed by atoms with Gasteiger partial charge in [0.1, 0.15) is 5.01 Å². The van der Waals surface area contributed by atoms with Crippen LogP contribution in [0.2, 0.25) is 0 Å². The van der Waals surface area contributed by atoms with E-state index in [1.54, 1.807) is 11.3 Å². The highest BCUT2D eigenvalue weighted by Crippen LogP contribution is 2.34. The largest absolute Gasteiger partial charge is 0.314 e. The predicted octanol–water partition coefficient (Wildman–Crippen LogP) is 5.13. The molecule has 4 heteroatoms. The van der Waals surface area contributed by atoms with Crippen molar-refractivity contribution in [1.82, 2.24) is 10.3 Å². The van der Waals surface area contributed by atoms with Crippen molar-refractivity contribution in [1.29, 1.82) is 0 Å². The molecule has 0 spiro atoms. The molecule has 1 N–H and O–H groups in total. The van der Waals surface area contributed by atoms with E-state index in [9.17, 15) is 0 Å². The lowest BCUT2D eigenvalue weighted by molar-refractivity contribution is 0.810. The summed E-state index contributed by atoms with van der Waals surface area (Å²) >= 11 is 3.59. The van der Waals surface area contributed by atoms with Gasteiger partial charge in [0.15, 0.2) is 0 Å². The van der Waals surface area contributed by atoms with Crippen molar-refractivity contribution in [3.63, 3.8) is 0 Å². The van der Waals surface area contributed by atoms with Crippen molar-refractivity contribution in [3.8, 4) is 11.3 Å². The fourth-order valence-electron chi connectivity index (χ4n) is 2.37. The second-order valence-corrected chi connectivity index (χ2v) is 7.39. The number of benzene rings is 2. The predicted molar refractivity (Wildman–Crippen MR) is 101 cm³/mol. The Morgan fingerprint density at radius 3 is 2.74 bits per heavy atom. The number of hydrogen-bond donors (Lipinski definition) is 1. The number of aromatic nitrogens is 1. The molecule has 0 unspecified atom stereocenters. The molecular formula is C19H20N2S2. The maximum atomic E-state index is 4.77. The molecule has 0 aliphatic carbocycles. The average molecular weight is 341 g/mol. The summed E-state index contributed by atoms with van der Waals surface area (Å²) in [6.07, 6.45) is 0. The van der Waals surface area contributed by atoms with E-state index in [-0.39, 0.29) is 0 Å². The molecule has 0 saturated heterocycles. The van der Waals surface area contributed by atoms with E-state index in [1.807, 2.05) is 18.8 Å². The van der Waals surface area contributed by atoms with Crippen molar-refractivity contribution >= 4 is 23.1 Å². The molecule has 0 fully saturated rings. The third-order valence-corrected chi connectivity index (χ3v) is 5.52. The van der Waals surface area contributed by atoms with Gasteiger partial charge in [0, 0.05) is 28.1 Å². The summed E-state index contributed by atoms with van der Waals surface area (Å²) in [6.45, 7) is 2.96. The van der Waals surface area contributed by atoms with Crippen LogP contribution in [0.15, 0.2) is 58.8 Å². The Balaban J connectivity index is 1.85. The van der Waals surface area contributed by atoms with Crippen molar-refractivity contribution in [2.45, 2.75) is 24.1 Å². The Bertz CT molecular complexity index is 766. The van der Waals surface area contributed by atoms with E-state index in [0.29, 0.717) is 0 Å². The number of thioether (sulfide) groups is 1. The van der Waals surface area contributed by atoms with Crippen molar-refractivity contribution in [2.75, 3.05) is 7.05 Å². The summed E-state index contributed by atoms with van der Waals surface area (Å²) in [5.41, 5.74) is 4.94. The highest BCUT2D eigenvalue weighted by Gasteiger charge is 2.10. The smallest absolute Gasteiger partial charge is 0.107 e. The number of aryl methyl sites for hydroxylation is 1. The zero-order chi connectivity index (χ0) is 16.1. The summed E-state index contributed by atoms with van der Waals surface area (Å²) in [5, 5.41) is 6.45. The lowest BCUT2D eigenvalue weighted by Gasteiger charge is -2.09. The van der Waals surface area contributed by atoms with Gasteiger partial charge in [-0.3, -0.25) is 0 Å². The first-order valence-corrected chi connectivity index (χ1v) is 9.49. The molecule has 0 saturated carbocycles. The van der Waals surface area contributed by atoms with E-state index in [2.05, 4.69) is 66.2 Å². The summed E-state index contributed by atoms with van der Waals surface area (Å²) in [4.78, 5) is 6.06. The summed E-state index contributed by atoms with van der Waals surface area (Å²) in [5.74, 6) is 0.977. The molecule has 23 heavy (non-hydrogen) atoms. The Morgan fingerprint density at radius 2 is 1.96 bits per heavy atom. The molecular weight excluding hydrogens is 320 g/mol. The van der Waals surface area contributed by atoms with Crippen LogP contribution >= 0.6 is 23.1 Å². The van der Waals surface area contributed by atoms with Gasteiger partial charge in [-0.1, -0.05) is 42.0 Å². The summed E-state index contributed by atoms with van der Waals surface area (Å²) < 4.78 is 0. The second kappa shape index (κ2) is 7.77. The van der Waals surface area contributed by atoms with Gasteiger partial charge in [0.2, 0.25) is 0 Å². The summed E-state index contributed by atoms with van der Waals surface area (Å²) in [6, 6.07) is 17.2. The van der Waals surface area contributed by atoms with Gasteiger partial charge < -0.3 is 5.32 Å². The van der Waals surface area contributed by atoms with Crippen LogP contribution in [0, 0.1) is 6.92 Å². The maximum Gasteiger partial charge on any atom is 0.107 e. The van der Waals surface area contributed by atoms with Crippen LogP contribution in [0.4, 0.5) is 0 Å². The number of nitrogens with one attached hydrogen (secondary N) is 1. The monoisotopic (exact) mass is 340 g/mol. The first-order chi connectivity index (χ1) is 11.3. The lowest BCUT2D eigenvalue weighted by atomic mass is 10.1. The molecule has 2 nitrogen and oxygen atoms in total. The van der Waals surface area contributed by atoms with Crippen LogP contribution < -0.4 is 5.32 Å². The molecule has 0 amide bonds. The molecule has 1 aromatic heterocycles. The molecule has 0 atom stereocenters. The number of thiazole rings is 1. The van der Waals surface area contributed by atoms with Crippen LogP contribution in [-0.4, -0.2) is 12.0 Å². The van der Waals surface area contributed by atoms with Crippen molar-refractivity contribution in [2.24, 2.45) is 0 Å². The van der Waals surface area contributed by atoms with Gasteiger partial charge in [0.25, 0.3) is 0 Å². The van der Waals surface area contributed by atoms with Crippen LogP contribution in [0.1, 0.15) is 16.1 Å². The third-order valence-electron chi connectivity index (χ3n) is 3.53. The molecule has 0 aliphatic rings. The quantitative estimate of drug-likeness (QED) is 0.630. The topological polar surface area (TPSA) is 24.9 Å². The first-order valence-electron chi connectivity index (χ1n) is 7.63. The van der Waals surface area contributed by atoms with Crippen molar-refractivity contribution < 1.29 is 0 Å². The van der Waals surface area contributed by atoms with Gasteiger partial charge >= 0.3 is 0 Å².